The SMILES string of the molecule is CC(C)[C@H](O)[C@@H]1C[C@H](N(C)C(C)C)CC[C@H]1NC(=O)CNC(=O)c1cccc(C(F)(F)F)c1. The van der Waals surface area contributed by atoms with Gasteiger partial charge < -0.3 is 20.6 Å². The third-order valence-corrected chi connectivity index (χ3v) is 6.59. The molecule has 6 nitrogen and oxygen atoms in total. The second-order valence-corrected chi connectivity index (χ2v) is 9.56. The summed E-state index contributed by atoms with van der Waals surface area (Å²) in [5.74, 6) is -1.29. The summed E-state index contributed by atoms with van der Waals surface area (Å²) in [5, 5.41) is 16.1. The smallest absolute Gasteiger partial charge is 0.392 e. The van der Waals surface area contributed by atoms with Crippen molar-refractivity contribution in [2.24, 2.45) is 11.8 Å². The molecule has 186 valence electrons. The van der Waals surface area contributed by atoms with Gasteiger partial charge in [-0.05, 0) is 64.3 Å². The Bertz CT molecular complexity index is 814. The van der Waals surface area contributed by atoms with Gasteiger partial charge in [0, 0.05) is 29.6 Å². The molecule has 2 amide bonds. The Kier molecular flexibility index (Phi) is 9.31. The Hall–Kier alpha value is -2.13. The number of alkyl halides is 3. The van der Waals surface area contributed by atoms with Crippen LogP contribution in [0, 0.1) is 11.8 Å². The lowest BCUT2D eigenvalue weighted by atomic mass is 9.75. The van der Waals surface area contributed by atoms with E-state index in [9.17, 15) is 27.9 Å². The maximum Gasteiger partial charge on any atom is 0.416 e. The highest BCUT2D eigenvalue weighted by Crippen LogP contribution is 2.33. The molecule has 0 saturated heterocycles. The van der Waals surface area contributed by atoms with Gasteiger partial charge in [0.2, 0.25) is 5.91 Å². The normalized spacial score (nSPS) is 22.5. The molecule has 1 aliphatic rings. The standard InChI is InChI=1S/C24H36F3N3O3/c1-14(2)22(32)19-12-18(30(5)15(3)4)9-10-20(19)29-21(31)13-28-23(33)16-7-6-8-17(11-16)24(25,26)27/h6-8,11,14-15,18-20,22,32H,9-10,12-13H2,1-5H3,(H,28,33)(H,29,31)/t18-,19-,20-,22+/m1/s1. The first-order valence-corrected chi connectivity index (χ1v) is 11.5. The lowest BCUT2D eigenvalue weighted by Gasteiger charge is -2.44. The van der Waals surface area contributed by atoms with E-state index in [0.717, 1.165) is 31.0 Å². The van der Waals surface area contributed by atoms with Gasteiger partial charge in [-0.2, -0.15) is 13.2 Å². The molecule has 0 aromatic heterocycles. The summed E-state index contributed by atoms with van der Waals surface area (Å²) in [7, 11) is 2.07. The number of carbonyl (C=O) groups excluding carboxylic acids is 2. The molecule has 0 bridgehead atoms. The third kappa shape index (κ3) is 7.43. The van der Waals surface area contributed by atoms with E-state index in [1.54, 1.807) is 0 Å². The molecule has 33 heavy (non-hydrogen) atoms. The van der Waals surface area contributed by atoms with Crippen LogP contribution in [0.3, 0.4) is 0 Å². The van der Waals surface area contributed by atoms with E-state index in [-0.39, 0.29) is 30.0 Å². The Morgan fingerprint density at radius 1 is 1.18 bits per heavy atom. The van der Waals surface area contributed by atoms with Crippen molar-refractivity contribution < 1.29 is 27.9 Å². The molecule has 3 N–H and O–H groups in total. The minimum Gasteiger partial charge on any atom is -0.392 e. The fraction of sp³-hybridized carbons (Fsp3) is 0.667. The Morgan fingerprint density at radius 3 is 2.42 bits per heavy atom. The summed E-state index contributed by atoms with van der Waals surface area (Å²) in [5.41, 5.74) is -1.09. The zero-order valence-corrected chi connectivity index (χ0v) is 19.9. The molecule has 1 aliphatic carbocycles. The van der Waals surface area contributed by atoms with Crippen molar-refractivity contribution in [3.05, 3.63) is 35.4 Å². The lowest BCUT2D eigenvalue weighted by molar-refractivity contribution is -0.137. The number of rotatable bonds is 8. The van der Waals surface area contributed by atoms with Crippen molar-refractivity contribution in [1.29, 1.82) is 0 Å². The average molecular weight is 472 g/mol. The molecule has 1 saturated carbocycles. The molecule has 0 radical (unpaired) electrons. The molecule has 0 aliphatic heterocycles. The largest absolute Gasteiger partial charge is 0.416 e. The minimum absolute atomic E-state index is 0.0260. The van der Waals surface area contributed by atoms with Crippen LogP contribution in [0.2, 0.25) is 0 Å². The predicted molar refractivity (Wildman–Crippen MR) is 121 cm³/mol. The zero-order chi connectivity index (χ0) is 24.9. The van der Waals surface area contributed by atoms with Gasteiger partial charge >= 0.3 is 6.18 Å². The van der Waals surface area contributed by atoms with Crippen LogP contribution in [0.25, 0.3) is 0 Å². The van der Waals surface area contributed by atoms with Gasteiger partial charge in [-0.1, -0.05) is 19.9 Å². The highest BCUT2D eigenvalue weighted by atomic mass is 19.4. The van der Waals surface area contributed by atoms with Crippen molar-refractivity contribution in [1.82, 2.24) is 15.5 Å². The molecule has 0 unspecified atom stereocenters. The zero-order valence-electron chi connectivity index (χ0n) is 19.9. The van der Waals surface area contributed by atoms with E-state index >= 15 is 0 Å². The van der Waals surface area contributed by atoms with Gasteiger partial charge in [0.05, 0.1) is 18.2 Å². The highest BCUT2D eigenvalue weighted by molar-refractivity contribution is 5.96. The van der Waals surface area contributed by atoms with Gasteiger partial charge in [0.25, 0.3) is 5.91 Å². The molecule has 1 aromatic rings. The van der Waals surface area contributed by atoms with Crippen molar-refractivity contribution in [3.63, 3.8) is 0 Å². The van der Waals surface area contributed by atoms with Crippen LogP contribution in [-0.2, 0) is 11.0 Å². The van der Waals surface area contributed by atoms with E-state index in [0.29, 0.717) is 18.5 Å². The number of aliphatic hydroxyl groups is 1. The number of benzene rings is 1. The van der Waals surface area contributed by atoms with Crippen molar-refractivity contribution in [3.8, 4) is 0 Å². The Balaban J connectivity index is 1.99. The maximum absolute atomic E-state index is 12.9. The van der Waals surface area contributed by atoms with Gasteiger partial charge in [-0.25, -0.2) is 0 Å². The number of carbonyl (C=O) groups is 2. The monoisotopic (exact) mass is 471 g/mol. The van der Waals surface area contributed by atoms with Gasteiger partial charge in [0.1, 0.15) is 0 Å². The van der Waals surface area contributed by atoms with E-state index < -0.39 is 29.7 Å². The number of hydrogen-bond acceptors (Lipinski definition) is 4. The van der Waals surface area contributed by atoms with Crippen LogP contribution in [0.15, 0.2) is 24.3 Å². The van der Waals surface area contributed by atoms with Gasteiger partial charge in [0.15, 0.2) is 0 Å². The summed E-state index contributed by atoms with van der Waals surface area (Å²) < 4.78 is 38.6. The summed E-state index contributed by atoms with van der Waals surface area (Å²) in [6.07, 6.45) is -2.82. The fourth-order valence-electron chi connectivity index (χ4n) is 4.38. The van der Waals surface area contributed by atoms with E-state index in [2.05, 4.69) is 36.4 Å². The van der Waals surface area contributed by atoms with E-state index in [1.165, 1.54) is 6.07 Å². The second kappa shape index (κ2) is 11.3. The van der Waals surface area contributed by atoms with Crippen LogP contribution in [-0.4, -0.2) is 59.6 Å². The van der Waals surface area contributed by atoms with Crippen molar-refractivity contribution >= 4 is 11.8 Å². The predicted octanol–water partition coefficient (Wildman–Crippen LogP) is 3.45. The van der Waals surface area contributed by atoms with E-state index in [4.69, 9.17) is 0 Å². The Morgan fingerprint density at radius 2 is 1.85 bits per heavy atom. The summed E-state index contributed by atoms with van der Waals surface area (Å²) in [4.78, 5) is 27.1. The van der Waals surface area contributed by atoms with Gasteiger partial charge in [-0.15, -0.1) is 0 Å². The van der Waals surface area contributed by atoms with Crippen LogP contribution in [0.5, 0.6) is 0 Å². The number of nitrogens with one attached hydrogen (secondary N) is 2. The van der Waals surface area contributed by atoms with Crippen LogP contribution in [0.1, 0.15) is 62.9 Å². The first-order chi connectivity index (χ1) is 15.3. The van der Waals surface area contributed by atoms with Crippen molar-refractivity contribution in [2.75, 3.05) is 13.6 Å². The molecule has 9 heteroatoms. The van der Waals surface area contributed by atoms with Crippen LogP contribution < -0.4 is 10.6 Å². The topological polar surface area (TPSA) is 81.7 Å². The number of aliphatic hydroxyl groups excluding tert-OH is 1. The molecule has 1 fully saturated rings. The van der Waals surface area contributed by atoms with Crippen LogP contribution >= 0.6 is 0 Å². The first-order valence-electron chi connectivity index (χ1n) is 11.5. The molecular formula is C24H36F3N3O3. The molecule has 0 heterocycles. The Labute approximate surface area is 193 Å². The molecule has 4 atom stereocenters. The maximum atomic E-state index is 12.9. The fourth-order valence-corrected chi connectivity index (χ4v) is 4.38. The first kappa shape index (κ1) is 27.1. The number of hydrogen-bond donors (Lipinski definition) is 3. The molecule has 1 aromatic carbocycles. The number of halogens is 3. The lowest BCUT2D eigenvalue weighted by Crippen LogP contribution is -2.54. The minimum atomic E-state index is -4.55. The summed E-state index contributed by atoms with van der Waals surface area (Å²) >= 11 is 0. The molecule has 2 rings (SSSR count). The molecular weight excluding hydrogens is 435 g/mol. The average Bonchev–Trinajstić information content (AvgIpc) is 2.76. The van der Waals surface area contributed by atoms with Crippen LogP contribution in [0.4, 0.5) is 13.2 Å². The number of amides is 2. The van der Waals surface area contributed by atoms with Gasteiger partial charge in [-0.3, -0.25) is 9.59 Å². The quantitative estimate of drug-likeness (QED) is 0.543. The van der Waals surface area contributed by atoms with E-state index in [1.807, 2.05) is 13.8 Å². The second-order valence-electron chi connectivity index (χ2n) is 9.56. The third-order valence-electron chi connectivity index (χ3n) is 6.59. The summed E-state index contributed by atoms with van der Waals surface area (Å²) in [6, 6.07) is 4.50. The van der Waals surface area contributed by atoms with Crippen molar-refractivity contribution in [2.45, 2.75) is 77.4 Å². The number of nitrogens with zero attached hydrogens (tertiary/aromatic N) is 1. The summed E-state index contributed by atoms with van der Waals surface area (Å²) in [6.45, 7) is 7.76. The highest BCUT2D eigenvalue weighted by Gasteiger charge is 2.38. The molecule has 0 spiro atoms.